The van der Waals surface area contributed by atoms with Crippen LogP contribution in [0.3, 0.4) is 0 Å². The number of thioether (sulfide) groups is 1. The van der Waals surface area contributed by atoms with Crippen LogP contribution in [0, 0.1) is 0 Å². The molecule has 20 heavy (non-hydrogen) atoms. The lowest BCUT2D eigenvalue weighted by Gasteiger charge is -2.31. The molecule has 3 rings (SSSR count). The van der Waals surface area contributed by atoms with Crippen LogP contribution in [0.4, 0.5) is 5.69 Å². The number of hydrogen-bond donors (Lipinski definition) is 1. The first kappa shape index (κ1) is 13.3. The molecule has 0 saturated heterocycles. The van der Waals surface area contributed by atoms with E-state index in [1.165, 1.54) is 5.56 Å². The molecule has 2 nitrogen and oxygen atoms in total. The zero-order valence-corrected chi connectivity index (χ0v) is 12.4. The number of hydrogen-bond acceptors (Lipinski definition) is 3. The van der Waals surface area contributed by atoms with E-state index in [9.17, 15) is 0 Å². The first-order chi connectivity index (χ1) is 9.76. The van der Waals surface area contributed by atoms with E-state index in [-0.39, 0.29) is 5.54 Å². The molecule has 0 spiro atoms. The second-order valence-electron chi connectivity index (χ2n) is 5.15. The minimum Gasteiger partial charge on any atom is -0.335 e. The topological polar surface area (TPSA) is 24.4 Å². The highest BCUT2D eigenvalue weighted by molar-refractivity contribution is 8.14. The quantitative estimate of drug-likeness (QED) is 0.876. The van der Waals surface area contributed by atoms with Crippen molar-refractivity contribution in [2.24, 2.45) is 4.99 Å². The van der Waals surface area contributed by atoms with Gasteiger partial charge in [0.2, 0.25) is 0 Å². The maximum Gasteiger partial charge on any atom is 0.161 e. The van der Waals surface area contributed by atoms with Gasteiger partial charge in [-0.25, -0.2) is 0 Å². The van der Waals surface area contributed by atoms with Crippen LogP contribution in [-0.2, 0) is 5.54 Å². The molecule has 0 saturated carbocycles. The molecule has 0 fully saturated rings. The van der Waals surface area contributed by atoms with Crippen molar-refractivity contribution in [1.29, 1.82) is 0 Å². The molecule has 3 heteroatoms. The second kappa shape index (κ2) is 5.71. The Bertz CT molecular complexity index is 595. The van der Waals surface area contributed by atoms with Crippen LogP contribution in [0.2, 0.25) is 0 Å². The van der Waals surface area contributed by atoms with Crippen molar-refractivity contribution in [3.8, 4) is 0 Å². The van der Waals surface area contributed by atoms with Crippen LogP contribution >= 0.6 is 11.8 Å². The highest BCUT2D eigenvalue weighted by atomic mass is 32.2. The molecular formula is C17H18N2S. The Labute approximate surface area is 124 Å². The Morgan fingerprint density at radius 2 is 1.65 bits per heavy atom. The van der Waals surface area contributed by atoms with Crippen LogP contribution in [-0.4, -0.2) is 10.9 Å². The standard InChI is InChI=1S/C17H18N2S/c1-17(14-8-4-2-5-9-14)12-13-20-16(19-17)18-15-10-6-3-7-11-15/h2-11H,12-13H2,1H3,(H,18,19). The molecular weight excluding hydrogens is 264 g/mol. The van der Waals surface area contributed by atoms with Crippen molar-refractivity contribution in [2.75, 3.05) is 11.1 Å². The Balaban J connectivity index is 1.86. The molecule has 2 aromatic carbocycles. The van der Waals surface area contributed by atoms with Crippen molar-refractivity contribution < 1.29 is 0 Å². The smallest absolute Gasteiger partial charge is 0.161 e. The number of aliphatic imine (C=N–C) groups is 1. The SMILES string of the molecule is CC1(c2ccccc2)CCSC(Nc2ccccc2)=N1. The van der Waals surface area contributed by atoms with Gasteiger partial charge in [0, 0.05) is 11.4 Å². The lowest BCUT2D eigenvalue weighted by Crippen LogP contribution is -2.28. The number of para-hydroxylation sites is 1. The van der Waals surface area contributed by atoms with Gasteiger partial charge in [-0.05, 0) is 31.0 Å². The van der Waals surface area contributed by atoms with E-state index >= 15 is 0 Å². The third kappa shape index (κ3) is 2.88. The number of nitrogens with zero attached hydrogens (tertiary/aromatic N) is 1. The molecule has 0 aliphatic carbocycles. The Kier molecular flexibility index (Phi) is 3.79. The molecule has 0 radical (unpaired) electrons. The highest BCUT2D eigenvalue weighted by Crippen LogP contribution is 2.35. The number of nitrogens with one attached hydrogen (secondary N) is 1. The average Bonchev–Trinajstić information content (AvgIpc) is 2.49. The summed E-state index contributed by atoms with van der Waals surface area (Å²) in [5, 5.41) is 4.43. The molecule has 2 aromatic rings. The fourth-order valence-corrected chi connectivity index (χ4v) is 3.52. The van der Waals surface area contributed by atoms with Crippen LogP contribution in [0.5, 0.6) is 0 Å². The molecule has 1 heterocycles. The molecule has 1 aliphatic rings. The fourth-order valence-electron chi connectivity index (χ4n) is 2.37. The number of benzene rings is 2. The van der Waals surface area contributed by atoms with E-state index in [2.05, 4.69) is 54.7 Å². The molecule has 0 amide bonds. The maximum absolute atomic E-state index is 4.95. The summed E-state index contributed by atoms with van der Waals surface area (Å²) in [6.45, 7) is 2.22. The van der Waals surface area contributed by atoms with Crippen molar-refractivity contribution in [2.45, 2.75) is 18.9 Å². The summed E-state index contributed by atoms with van der Waals surface area (Å²) in [6, 6.07) is 20.8. The van der Waals surface area contributed by atoms with Crippen LogP contribution < -0.4 is 5.32 Å². The summed E-state index contributed by atoms with van der Waals surface area (Å²) in [5.74, 6) is 1.09. The van der Waals surface area contributed by atoms with Gasteiger partial charge in [0.05, 0.1) is 5.54 Å². The van der Waals surface area contributed by atoms with Crippen molar-refractivity contribution >= 4 is 22.6 Å². The van der Waals surface area contributed by atoms with Gasteiger partial charge < -0.3 is 5.32 Å². The van der Waals surface area contributed by atoms with E-state index in [0.29, 0.717) is 0 Å². The molecule has 1 N–H and O–H groups in total. The van der Waals surface area contributed by atoms with Crippen LogP contribution in [0.1, 0.15) is 18.9 Å². The van der Waals surface area contributed by atoms with Gasteiger partial charge in [-0.3, -0.25) is 4.99 Å². The molecule has 1 unspecified atom stereocenters. The second-order valence-corrected chi connectivity index (χ2v) is 6.23. The molecule has 102 valence electrons. The summed E-state index contributed by atoms with van der Waals surface area (Å²) in [4.78, 5) is 4.95. The minimum atomic E-state index is -0.121. The van der Waals surface area contributed by atoms with Crippen LogP contribution in [0.25, 0.3) is 0 Å². The van der Waals surface area contributed by atoms with Gasteiger partial charge in [0.25, 0.3) is 0 Å². The largest absolute Gasteiger partial charge is 0.335 e. The zero-order chi connectivity index (χ0) is 13.8. The van der Waals surface area contributed by atoms with Crippen molar-refractivity contribution in [3.63, 3.8) is 0 Å². The monoisotopic (exact) mass is 282 g/mol. The molecule has 0 aromatic heterocycles. The van der Waals surface area contributed by atoms with E-state index in [1.807, 2.05) is 18.2 Å². The number of rotatable bonds is 2. The van der Waals surface area contributed by atoms with Gasteiger partial charge in [0.15, 0.2) is 5.17 Å². The highest BCUT2D eigenvalue weighted by Gasteiger charge is 2.29. The third-order valence-corrected chi connectivity index (χ3v) is 4.47. The fraction of sp³-hybridized carbons (Fsp3) is 0.235. The Morgan fingerprint density at radius 1 is 1.00 bits per heavy atom. The average molecular weight is 282 g/mol. The summed E-state index contributed by atoms with van der Waals surface area (Å²) < 4.78 is 0. The molecule has 1 aliphatic heterocycles. The van der Waals surface area contributed by atoms with Crippen molar-refractivity contribution in [3.05, 3.63) is 66.2 Å². The number of anilines is 1. The van der Waals surface area contributed by atoms with Gasteiger partial charge in [-0.2, -0.15) is 0 Å². The van der Waals surface area contributed by atoms with Crippen LogP contribution in [0.15, 0.2) is 65.7 Å². The van der Waals surface area contributed by atoms with E-state index < -0.39 is 0 Å². The first-order valence-electron chi connectivity index (χ1n) is 6.86. The van der Waals surface area contributed by atoms with Gasteiger partial charge >= 0.3 is 0 Å². The van der Waals surface area contributed by atoms with E-state index in [4.69, 9.17) is 4.99 Å². The summed E-state index contributed by atoms with van der Waals surface area (Å²) in [5.41, 5.74) is 2.26. The van der Waals surface area contributed by atoms with E-state index in [0.717, 1.165) is 23.0 Å². The predicted molar refractivity (Wildman–Crippen MR) is 88.4 cm³/mol. The lowest BCUT2D eigenvalue weighted by molar-refractivity contribution is 0.482. The normalized spacial score (nSPS) is 22.1. The lowest BCUT2D eigenvalue weighted by atomic mass is 9.90. The third-order valence-electron chi connectivity index (χ3n) is 3.60. The van der Waals surface area contributed by atoms with Gasteiger partial charge in [0.1, 0.15) is 0 Å². The van der Waals surface area contributed by atoms with E-state index in [1.54, 1.807) is 11.8 Å². The first-order valence-corrected chi connectivity index (χ1v) is 7.85. The summed E-state index contributed by atoms with van der Waals surface area (Å²) in [6.07, 6.45) is 1.07. The Hall–Kier alpha value is -1.74. The Morgan fingerprint density at radius 3 is 2.35 bits per heavy atom. The number of amidine groups is 1. The maximum atomic E-state index is 4.95. The van der Waals surface area contributed by atoms with Gasteiger partial charge in [-0.15, -0.1) is 0 Å². The summed E-state index contributed by atoms with van der Waals surface area (Å²) >= 11 is 1.79. The molecule has 0 bridgehead atoms. The molecule has 1 atom stereocenters. The zero-order valence-electron chi connectivity index (χ0n) is 11.5. The summed E-state index contributed by atoms with van der Waals surface area (Å²) in [7, 11) is 0. The minimum absolute atomic E-state index is 0.121. The predicted octanol–water partition coefficient (Wildman–Crippen LogP) is 4.51. The van der Waals surface area contributed by atoms with Crippen molar-refractivity contribution in [1.82, 2.24) is 0 Å². The van der Waals surface area contributed by atoms with Gasteiger partial charge in [-0.1, -0.05) is 60.3 Å².